The first-order valence-corrected chi connectivity index (χ1v) is 10.8. The van der Waals surface area contributed by atoms with Gasteiger partial charge in [0.15, 0.2) is 11.5 Å². The second kappa shape index (κ2) is 11.2. The monoisotopic (exact) mass is 455 g/mol. The van der Waals surface area contributed by atoms with Crippen molar-refractivity contribution < 1.29 is 28.2 Å². The van der Waals surface area contributed by atoms with Crippen molar-refractivity contribution in [1.82, 2.24) is 10.2 Å². The summed E-state index contributed by atoms with van der Waals surface area (Å²) in [6.45, 7) is 8.94. The molecule has 1 heterocycles. The molecular formula is C24H29N3O6. The largest absolute Gasteiger partial charge is 0.496 e. The van der Waals surface area contributed by atoms with Crippen LogP contribution in [0, 0.1) is 6.92 Å². The molecule has 176 valence electrons. The molecule has 3 rings (SSSR count). The summed E-state index contributed by atoms with van der Waals surface area (Å²) in [5.74, 6) is 2.27. The predicted molar refractivity (Wildman–Crippen MR) is 123 cm³/mol. The van der Waals surface area contributed by atoms with Gasteiger partial charge >= 0.3 is 6.01 Å². The SMILES string of the molecule is CCOc1cc(-c2nnc(NC(=O)Cc3ccc(OC)c(C)c3)o2)cc(OCC)c1OCC. The Bertz CT molecular complexity index is 1070. The minimum Gasteiger partial charge on any atom is -0.496 e. The minimum atomic E-state index is -0.272. The predicted octanol–water partition coefficient (Wildman–Crippen LogP) is 4.43. The quantitative estimate of drug-likeness (QED) is 0.453. The molecule has 0 saturated heterocycles. The number of carbonyl (C=O) groups excluding carboxylic acids is 1. The number of aromatic nitrogens is 2. The Morgan fingerprint density at radius 3 is 2.18 bits per heavy atom. The highest BCUT2D eigenvalue weighted by molar-refractivity contribution is 5.90. The summed E-state index contributed by atoms with van der Waals surface area (Å²) in [7, 11) is 1.61. The van der Waals surface area contributed by atoms with Crippen LogP contribution in [0.2, 0.25) is 0 Å². The van der Waals surface area contributed by atoms with E-state index in [1.165, 1.54) is 0 Å². The Labute approximate surface area is 193 Å². The molecule has 0 atom stereocenters. The van der Waals surface area contributed by atoms with E-state index in [4.69, 9.17) is 23.4 Å². The van der Waals surface area contributed by atoms with Gasteiger partial charge in [-0.05, 0) is 57.0 Å². The molecule has 0 unspecified atom stereocenters. The van der Waals surface area contributed by atoms with Crippen LogP contribution in [-0.2, 0) is 11.2 Å². The number of ether oxygens (including phenoxy) is 4. The van der Waals surface area contributed by atoms with Gasteiger partial charge in [-0.3, -0.25) is 10.1 Å². The lowest BCUT2D eigenvalue weighted by atomic mass is 10.1. The topological polar surface area (TPSA) is 105 Å². The molecule has 0 fully saturated rings. The number of rotatable bonds is 11. The Hall–Kier alpha value is -3.75. The number of nitrogens with zero attached hydrogens (tertiary/aromatic N) is 2. The van der Waals surface area contributed by atoms with E-state index in [-0.39, 0.29) is 24.2 Å². The maximum atomic E-state index is 12.5. The van der Waals surface area contributed by atoms with Crippen LogP contribution >= 0.6 is 0 Å². The summed E-state index contributed by atoms with van der Waals surface area (Å²) < 4.78 is 28.1. The fourth-order valence-electron chi connectivity index (χ4n) is 3.30. The standard InChI is InChI=1S/C24H29N3O6/c1-6-30-19-13-17(14-20(31-7-2)22(19)32-8-3)23-26-27-24(33-23)25-21(28)12-16-9-10-18(29-5)15(4)11-16/h9-11,13-14H,6-8,12H2,1-5H3,(H,25,27,28). The zero-order valence-corrected chi connectivity index (χ0v) is 19.6. The summed E-state index contributed by atoms with van der Waals surface area (Å²) in [6.07, 6.45) is 0.161. The Balaban J connectivity index is 1.78. The Kier molecular flexibility index (Phi) is 8.12. The normalized spacial score (nSPS) is 10.6. The molecule has 9 nitrogen and oxygen atoms in total. The third-order valence-electron chi connectivity index (χ3n) is 4.65. The van der Waals surface area contributed by atoms with Crippen LogP contribution < -0.4 is 24.3 Å². The van der Waals surface area contributed by atoms with E-state index in [0.717, 1.165) is 16.9 Å². The molecule has 2 aromatic carbocycles. The lowest BCUT2D eigenvalue weighted by Gasteiger charge is -2.16. The highest BCUT2D eigenvalue weighted by atomic mass is 16.5. The van der Waals surface area contributed by atoms with Crippen molar-refractivity contribution in [2.24, 2.45) is 0 Å². The average molecular weight is 456 g/mol. The molecule has 0 bridgehead atoms. The number of amides is 1. The lowest BCUT2D eigenvalue weighted by Crippen LogP contribution is -2.14. The molecule has 0 saturated carbocycles. The van der Waals surface area contributed by atoms with E-state index < -0.39 is 0 Å². The molecular weight excluding hydrogens is 426 g/mol. The van der Waals surface area contributed by atoms with Crippen LogP contribution in [0.15, 0.2) is 34.7 Å². The molecule has 0 spiro atoms. The molecule has 0 aliphatic rings. The van der Waals surface area contributed by atoms with Crippen LogP contribution in [0.1, 0.15) is 31.9 Å². The van der Waals surface area contributed by atoms with E-state index >= 15 is 0 Å². The molecule has 1 amide bonds. The van der Waals surface area contributed by atoms with Crippen molar-refractivity contribution in [3.05, 3.63) is 41.5 Å². The number of nitrogens with one attached hydrogen (secondary N) is 1. The third kappa shape index (κ3) is 5.94. The molecule has 3 aromatic rings. The van der Waals surface area contributed by atoms with Gasteiger partial charge in [-0.25, -0.2) is 0 Å². The fraction of sp³-hybridized carbons (Fsp3) is 0.375. The van der Waals surface area contributed by atoms with Gasteiger partial charge in [0.1, 0.15) is 5.75 Å². The molecule has 33 heavy (non-hydrogen) atoms. The number of benzene rings is 2. The first-order chi connectivity index (χ1) is 16.0. The van der Waals surface area contributed by atoms with Crippen molar-refractivity contribution in [2.75, 3.05) is 32.2 Å². The molecule has 0 aliphatic carbocycles. The van der Waals surface area contributed by atoms with Gasteiger partial charge in [0.25, 0.3) is 0 Å². The van der Waals surface area contributed by atoms with Gasteiger partial charge in [0.05, 0.1) is 33.4 Å². The fourth-order valence-corrected chi connectivity index (χ4v) is 3.30. The zero-order valence-electron chi connectivity index (χ0n) is 19.6. The van der Waals surface area contributed by atoms with Gasteiger partial charge in [0, 0.05) is 5.56 Å². The molecule has 0 aliphatic heterocycles. The van der Waals surface area contributed by atoms with Gasteiger partial charge in [-0.15, -0.1) is 5.10 Å². The number of aryl methyl sites for hydroxylation is 1. The molecule has 0 radical (unpaired) electrons. The van der Waals surface area contributed by atoms with Crippen molar-refractivity contribution in [2.45, 2.75) is 34.1 Å². The van der Waals surface area contributed by atoms with Gasteiger partial charge in [-0.1, -0.05) is 17.2 Å². The minimum absolute atomic E-state index is 0.00466. The van der Waals surface area contributed by atoms with Crippen molar-refractivity contribution in [1.29, 1.82) is 0 Å². The highest BCUT2D eigenvalue weighted by Crippen LogP contribution is 2.41. The van der Waals surface area contributed by atoms with E-state index in [1.807, 2.05) is 45.9 Å². The summed E-state index contributed by atoms with van der Waals surface area (Å²) >= 11 is 0. The summed E-state index contributed by atoms with van der Waals surface area (Å²) in [5, 5.41) is 10.7. The smallest absolute Gasteiger partial charge is 0.322 e. The number of carbonyl (C=O) groups is 1. The van der Waals surface area contributed by atoms with Gasteiger partial charge < -0.3 is 23.4 Å². The summed E-state index contributed by atoms with van der Waals surface area (Å²) in [5.41, 5.74) is 2.39. The maximum absolute atomic E-state index is 12.5. The summed E-state index contributed by atoms with van der Waals surface area (Å²) in [6, 6.07) is 9.08. The second-order valence-corrected chi connectivity index (χ2v) is 7.04. The second-order valence-electron chi connectivity index (χ2n) is 7.04. The number of hydrogen-bond donors (Lipinski definition) is 1. The van der Waals surface area contributed by atoms with Crippen molar-refractivity contribution >= 4 is 11.9 Å². The zero-order chi connectivity index (χ0) is 23.8. The number of methoxy groups -OCH3 is 1. The molecule has 9 heteroatoms. The van der Waals surface area contributed by atoms with E-state index in [0.29, 0.717) is 42.6 Å². The molecule has 1 aromatic heterocycles. The van der Waals surface area contributed by atoms with Crippen LogP contribution in [0.25, 0.3) is 11.5 Å². The van der Waals surface area contributed by atoms with Gasteiger partial charge in [-0.2, -0.15) is 0 Å². The van der Waals surface area contributed by atoms with E-state index in [2.05, 4.69) is 15.5 Å². The van der Waals surface area contributed by atoms with E-state index in [1.54, 1.807) is 19.2 Å². The first kappa shape index (κ1) is 23.9. The Morgan fingerprint density at radius 2 is 1.61 bits per heavy atom. The van der Waals surface area contributed by atoms with Crippen LogP contribution in [0.5, 0.6) is 23.0 Å². The average Bonchev–Trinajstić information content (AvgIpc) is 3.24. The first-order valence-electron chi connectivity index (χ1n) is 10.8. The number of anilines is 1. The Morgan fingerprint density at radius 1 is 0.939 bits per heavy atom. The van der Waals surface area contributed by atoms with Crippen LogP contribution in [0.4, 0.5) is 6.01 Å². The highest BCUT2D eigenvalue weighted by Gasteiger charge is 2.19. The number of hydrogen-bond acceptors (Lipinski definition) is 8. The van der Waals surface area contributed by atoms with Crippen LogP contribution in [0.3, 0.4) is 0 Å². The summed E-state index contributed by atoms with van der Waals surface area (Å²) in [4.78, 5) is 12.5. The van der Waals surface area contributed by atoms with Gasteiger partial charge in [0.2, 0.25) is 17.5 Å². The van der Waals surface area contributed by atoms with Crippen molar-refractivity contribution in [3.8, 4) is 34.5 Å². The maximum Gasteiger partial charge on any atom is 0.322 e. The third-order valence-corrected chi connectivity index (χ3v) is 4.65. The van der Waals surface area contributed by atoms with Crippen molar-refractivity contribution in [3.63, 3.8) is 0 Å². The lowest BCUT2D eigenvalue weighted by molar-refractivity contribution is -0.115. The van der Waals surface area contributed by atoms with E-state index in [9.17, 15) is 4.79 Å². The van der Waals surface area contributed by atoms with Crippen LogP contribution in [-0.4, -0.2) is 43.0 Å². The molecule has 1 N–H and O–H groups in total.